The van der Waals surface area contributed by atoms with Gasteiger partial charge in [-0.05, 0) is 24.3 Å². The summed E-state index contributed by atoms with van der Waals surface area (Å²) in [6.07, 6.45) is 0. The number of non-ortho nitro benzene ring substituents is 1. The Balaban J connectivity index is 1.96. The fourth-order valence-electron chi connectivity index (χ4n) is 2.19. The van der Waals surface area contributed by atoms with Gasteiger partial charge in [0.05, 0.1) is 19.1 Å². The van der Waals surface area contributed by atoms with Gasteiger partial charge < -0.3 is 14.0 Å². The summed E-state index contributed by atoms with van der Waals surface area (Å²) in [6, 6.07) is 11.2. The van der Waals surface area contributed by atoms with Crippen LogP contribution in [0.5, 0.6) is 11.5 Å². The minimum absolute atomic E-state index is 0.0432. The standard InChI is InChI=1S/C16H13N3O5/c1-22-13-7-6-10(9-14(13)23-2)15-17-16(24-18-15)11-4-3-5-12(8-11)19(20)21/h3-9H,1-2H3. The number of rotatable bonds is 5. The second kappa shape index (κ2) is 6.37. The molecule has 0 saturated heterocycles. The summed E-state index contributed by atoms with van der Waals surface area (Å²) in [4.78, 5) is 14.7. The van der Waals surface area contributed by atoms with Gasteiger partial charge in [0.1, 0.15) is 0 Å². The molecule has 0 saturated carbocycles. The quantitative estimate of drug-likeness (QED) is 0.523. The molecule has 1 heterocycles. The molecule has 8 nitrogen and oxygen atoms in total. The van der Waals surface area contributed by atoms with Gasteiger partial charge in [-0.3, -0.25) is 10.1 Å². The molecular formula is C16H13N3O5. The van der Waals surface area contributed by atoms with E-state index in [1.165, 1.54) is 19.2 Å². The second-order valence-electron chi connectivity index (χ2n) is 4.80. The van der Waals surface area contributed by atoms with Crippen molar-refractivity contribution in [3.05, 3.63) is 52.6 Å². The number of nitrogens with zero attached hydrogens (tertiary/aromatic N) is 3. The van der Waals surface area contributed by atoms with Crippen molar-refractivity contribution >= 4 is 5.69 Å². The van der Waals surface area contributed by atoms with E-state index in [1.54, 1.807) is 37.4 Å². The molecule has 0 amide bonds. The zero-order valence-electron chi connectivity index (χ0n) is 12.9. The highest BCUT2D eigenvalue weighted by atomic mass is 16.6. The highest BCUT2D eigenvalue weighted by molar-refractivity contribution is 5.64. The summed E-state index contributed by atoms with van der Waals surface area (Å²) < 4.78 is 15.6. The number of nitro groups is 1. The van der Waals surface area contributed by atoms with E-state index in [9.17, 15) is 10.1 Å². The van der Waals surface area contributed by atoms with Crippen molar-refractivity contribution < 1.29 is 18.9 Å². The maximum absolute atomic E-state index is 10.9. The van der Waals surface area contributed by atoms with Gasteiger partial charge in [0, 0.05) is 23.3 Å². The average Bonchev–Trinajstić information content (AvgIpc) is 3.11. The lowest BCUT2D eigenvalue weighted by atomic mass is 10.2. The fraction of sp³-hybridized carbons (Fsp3) is 0.125. The summed E-state index contributed by atoms with van der Waals surface area (Å²) in [5.74, 6) is 1.67. The number of methoxy groups -OCH3 is 2. The highest BCUT2D eigenvalue weighted by Gasteiger charge is 2.15. The molecule has 0 spiro atoms. The van der Waals surface area contributed by atoms with Gasteiger partial charge in [0.2, 0.25) is 5.82 Å². The van der Waals surface area contributed by atoms with Gasteiger partial charge in [-0.15, -0.1) is 0 Å². The monoisotopic (exact) mass is 327 g/mol. The van der Waals surface area contributed by atoms with E-state index in [1.807, 2.05) is 0 Å². The van der Waals surface area contributed by atoms with Gasteiger partial charge in [0.25, 0.3) is 11.6 Å². The minimum atomic E-state index is -0.477. The maximum Gasteiger partial charge on any atom is 0.270 e. The fourth-order valence-corrected chi connectivity index (χ4v) is 2.19. The van der Waals surface area contributed by atoms with Crippen molar-refractivity contribution in [3.8, 4) is 34.3 Å². The van der Waals surface area contributed by atoms with Crippen LogP contribution in [0.1, 0.15) is 0 Å². The van der Waals surface area contributed by atoms with Crippen LogP contribution in [0.4, 0.5) is 5.69 Å². The van der Waals surface area contributed by atoms with E-state index < -0.39 is 4.92 Å². The van der Waals surface area contributed by atoms with E-state index in [2.05, 4.69) is 10.1 Å². The van der Waals surface area contributed by atoms with Crippen molar-refractivity contribution in [1.29, 1.82) is 0 Å². The summed E-state index contributed by atoms with van der Waals surface area (Å²) in [5, 5.41) is 14.8. The van der Waals surface area contributed by atoms with Crippen LogP contribution in [0.2, 0.25) is 0 Å². The normalized spacial score (nSPS) is 10.4. The van der Waals surface area contributed by atoms with E-state index in [0.717, 1.165) is 0 Å². The Hall–Kier alpha value is -3.42. The molecule has 1 aromatic heterocycles. The first kappa shape index (κ1) is 15.5. The molecule has 0 fully saturated rings. The maximum atomic E-state index is 10.9. The van der Waals surface area contributed by atoms with Crippen LogP contribution in [0.15, 0.2) is 47.0 Å². The Kier molecular flexibility index (Phi) is 4.11. The van der Waals surface area contributed by atoms with Gasteiger partial charge in [0.15, 0.2) is 11.5 Å². The van der Waals surface area contributed by atoms with Gasteiger partial charge >= 0.3 is 0 Å². The lowest BCUT2D eigenvalue weighted by molar-refractivity contribution is -0.384. The summed E-state index contributed by atoms with van der Waals surface area (Å²) in [5.41, 5.74) is 1.11. The lowest BCUT2D eigenvalue weighted by Gasteiger charge is -2.07. The Morgan fingerprint density at radius 1 is 1.04 bits per heavy atom. The minimum Gasteiger partial charge on any atom is -0.493 e. The number of hydrogen-bond acceptors (Lipinski definition) is 7. The second-order valence-corrected chi connectivity index (χ2v) is 4.80. The third-order valence-corrected chi connectivity index (χ3v) is 3.37. The molecule has 122 valence electrons. The molecule has 0 aliphatic rings. The van der Waals surface area contributed by atoms with Crippen LogP contribution < -0.4 is 9.47 Å². The number of hydrogen-bond donors (Lipinski definition) is 0. The van der Waals surface area contributed by atoms with Crippen LogP contribution in [0.25, 0.3) is 22.8 Å². The molecule has 0 aliphatic heterocycles. The lowest BCUT2D eigenvalue weighted by Crippen LogP contribution is -1.91. The summed E-state index contributed by atoms with van der Waals surface area (Å²) >= 11 is 0. The SMILES string of the molecule is COc1ccc(-c2noc(-c3cccc([N+](=O)[O-])c3)n2)cc1OC. The molecule has 24 heavy (non-hydrogen) atoms. The predicted molar refractivity (Wildman–Crippen MR) is 84.9 cm³/mol. The van der Waals surface area contributed by atoms with E-state index in [-0.39, 0.29) is 11.6 Å². The van der Waals surface area contributed by atoms with Gasteiger partial charge in [-0.2, -0.15) is 4.98 Å². The third-order valence-electron chi connectivity index (χ3n) is 3.37. The smallest absolute Gasteiger partial charge is 0.270 e. The van der Waals surface area contributed by atoms with Crippen LogP contribution in [0, 0.1) is 10.1 Å². The molecule has 3 rings (SSSR count). The van der Waals surface area contributed by atoms with E-state index >= 15 is 0 Å². The Labute approximate surface area is 136 Å². The molecule has 3 aromatic rings. The molecule has 0 radical (unpaired) electrons. The van der Waals surface area contributed by atoms with Gasteiger partial charge in [-0.1, -0.05) is 11.2 Å². The Morgan fingerprint density at radius 2 is 1.83 bits per heavy atom. The van der Waals surface area contributed by atoms with Crippen molar-refractivity contribution in [3.63, 3.8) is 0 Å². The molecule has 0 aliphatic carbocycles. The number of aromatic nitrogens is 2. The van der Waals surface area contributed by atoms with Crippen LogP contribution in [-0.2, 0) is 0 Å². The number of nitro benzene ring substituents is 1. The van der Waals surface area contributed by atoms with E-state index in [0.29, 0.717) is 28.5 Å². The molecular weight excluding hydrogens is 314 g/mol. The Bertz CT molecular complexity index is 891. The first-order chi connectivity index (χ1) is 11.6. The highest BCUT2D eigenvalue weighted by Crippen LogP contribution is 2.32. The summed E-state index contributed by atoms with van der Waals surface area (Å²) in [7, 11) is 3.08. The van der Waals surface area contributed by atoms with Crippen LogP contribution in [-0.4, -0.2) is 29.3 Å². The summed E-state index contributed by atoms with van der Waals surface area (Å²) in [6.45, 7) is 0. The van der Waals surface area contributed by atoms with Crippen molar-refractivity contribution in [2.24, 2.45) is 0 Å². The van der Waals surface area contributed by atoms with Crippen LogP contribution in [0.3, 0.4) is 0 Å². The van der Waals surface area contributed by atoms with Crippen LogP contribution >= 0.6 is 0 Å². The van der Waals surface area contributed by atoms with Gasteiger partial charge in [-0.25, -0.2) is 0 Å². The van der Waals surface area contributed by atoms with Crippen molar-refractivity contribution in [1.82, 2.24) is 10.1 Å². The molecule has 2 aromatic carbocycles. The topological polar surface area (TPSA) is 101 Å². The average molecular weight is 327 g/mol. The number of ether oxygens (including phenoxy) is 2. The van der Waals surface area contributed by atoms with E-state index in [4.69, 9.17) is 14.0 Å². The first-order valence-corrected chi connectivity index (χ1v) is 6.93. The molecule has 0 N–H and O–H groups in total. The number of benzene rings is 2. The largest absolute Gasteiger partial charge is 0.493 e. The molecule has 0 atom stereocenters. The first-order valence-electron chi connectivity index (χ1n) is 6.93. The molecule has 0 bridgehead atoms. The Morgan fingerprint density at radius 3 is 2.54 bits per heavy atom. The van der Waals surface area contributed by atoms with Crippen molar-refractivity contribution in [2.45, 2.75) is 0 Å². The zero-order valence-corrected chi connectivity index (χ0v) is 12.9. The molecule has 8 heteroatoms. The van der Waals surface area contributed by atoms with Crippen molar-refractivity contribution in [2.75, 3.05) is 14.2 Å². The molecule has 0 unspecified atom stereocenters. The zero-order chi connectivity index (χ0) is 17.1. The predicted octanol–water partition coefficient (Wildman–Crippen LogP) is 3.33. The third kappa shape index (κ3) is 2.89.